The highest BCUT2D eigenvalue weighted by atomic mass is 35.5. The maximum atomic E-state index is 5.88. The van der Waals surface area contributed by atoms with Crippen LogP contribution in [0.2, 0.25) is 5.02 Å². The summed E-state index contributed by atoms with van der Waals surface area (Å²) in [6.07, 6.45) is 1.14. The van der Waals surface area contributed by atoms with Gasteiger partial charge in [-0.1, -0.05) is 37.9 Å². The summed E-state index contributed by atoms with van der Waals surface area (Å²) in [7, 11) is 1.64. The Hall–Kier alpha value is -0.730. The second kappa shape index (κ2) is 6.77. The first-order valence-corrected chi connectivity index (χ1v) is 5.95. The zero-order valence-corrected chi connectivity index (χ0v) is 10.9. The smallest absolute Gasteiger partial charge is 0.125 e. The van der Waals surface area contributed by atoms with Gasteiger partial charge in [0.1, 0.15) is 5.75 Å². The third-order valence-electron chi connectivity index (χ3n) is 2.61. The fraction of sp³-hybridized carbons (Fsp3) is 0.538. The third kappa shape index (κ3) is 4.03. The number of ether oxygens (including phenoxy) is 2. The molecule has 1 aromatic rings. The Morgan fingerprint density at radius 2 is 2.12 bits per heavy atom. The number of hydrogen-bond donors (Lipinski definition) is 0. The van der Waals surface area contributed by atoms with Crippen molar-refractivity contribution in [2.45, 2.75) is 26.9 Å². The summed E-state index contributed by atoms with van der Waals surface area (Å²) in [5.41, 5.74) is 1.04. The van der Waals surface area contributed by atoms with E-state index in [9.17, 15) is 0 Å². The molecule has 0 spiro atoms. The summed E-state index contributed by atoms with van der Waals surface area (Å²) in [5.74, 6) is 1.38. The van der Waals surface area contributed by atoms with E-state index >= 15 is 0 Å². The lowest BCUT2D eigenvalue weighted by Crippen LogP contribution is -2.05. The van der Waals surface area contributed by atoms with Gasteiger partial charge in [-0.2, -0.15) is 0 Å². The van der Waals surface area contributed by atoms with Crippen molar-refractivity contribution in [3.05, 3.63) is 28.8 Å². The Balaban J connectivity index is 2.53. The van der Waals surface area contributed by atoms with Gasteiger partial charge in [0.15, 0.2) is 0 Å². The molecule has 1 rings (SSSR count). The highest BCUT2D eigenvalue weighted by Gasteiger charge is 2.05. The molecule has 0 aromatic heterocycles. The van der Waals surface area contributed by atoms with Crippen molar-refractivity contribution in [2.24, 2.45) is 5.92 Å². The van der Waals surface area contributed by atoms with Crippen LogP contribution in [0.15, 0.2) is 18.2 Å². The number of rotatable bonds is 6. The molecule has 1 aromatic carbocycles. The molecule has 16 heavy (non-hydrogen) atoms. The second-order valence-corrected chi connectivity index (χ2v) is 4.42. The third-order valence-corrected chi connectivity index (χ3v) is 2.84. The summed E-state index contributed by atoms with van der Waals surface area (Å²) in [6, 6.07) is 5.60. The molecule has 0 aliphatic carbocycles. The van der Waals surface area contributed by atoms with Crippen LogP contribution in [0.3, 0.4) is 0 Å². The van der Waals surface area contributed by atoms with Gasteiger partial charge in [0, 0.05) is 17.2 Å². The van der Waals surface area contributed by atoms with E-state index in [-0.39, 0.29) is 0 Å². The van der Waals surface area contributed by atoms with Crippen LogP contribution >= 0.6 is 11.6 Å². The van der Waals surface area contributed by atoms with Crippen molar-refractivity contribution in [1.29, 1.82) is 0 Å². The molecule has 0 bridgehead atoms. The molecule has 90 valence electrons. The van der Waals surface area contributed by atoms with E-state index in [0.29, 0.717) is 17.5 Å². The molecule has 0 amide bonds. The van der Waals surface area contributed by atoms with Gasteiger partial charge >= 0.3 is 0 Å². The average molecular weight is 243 g/mol. The average Bonchev–Trinajstić information content (AvgIpc) is 2.30. The Labute approximate surface area is 103 Å². The Bertz CT molecular complexity index is 326. The molecule has 0 heterocycles. The molecule has 0 saturated heterocycles. The Morgan fingerprint density at radius 3 is 2.75 bits per heavy atom. The Kier molecular flexibility index (Phi) is 5.64. The fourth-order valence-corrected chi connectivity index (χ4v) is 1.49. The first-order valence-electron chi connectivity index (χ1n) is 5.57. The summed E-state index contributed by atoms with van der Waals surface area (Å²) in [6.45, 7) is 5.70. The van der Waals surface area contributed by atoms with Crippen LogP contribution in [0.1, 0.15) is 25.8 Å². The van der Waals surface area contributed by atoms with E-state index in [1.165, 1.54) is 0 Å². The van der Waals surface area contributed by atoms with Crippen LogP contribution < -0.4 is 4.74 Å². The van der Waals surface area contributed by atoms with Crippen molar-refractivity contribution in [3.8, 4) is 5.75 Å². The van der Waals surface area contributed by atoms with Crippen LogP contribution in [0.5, 0.6) is 5.75 Å². The molecule has 0 saturated carbocycles. The molecule has 0 aliphatic rings. The predicted molar refractivity (Wildman–Crippen MR) is 67.1 cm³/mol. The van der Waals surface area contributed by atoms with Crippen molar-refractivity contribution in [2.75, 3.05) is 13.7 Å². The van der Waals surface area contributed by atoms with E-state index in [1.807, 2.05) is 18.2 Å². The number of halogens is 1. The van der Waals surface area contributed by atoms with Gasteiger partial charge in [0.2, 0.25) is 0 Å². The van der Waals surface area contributed by atoms with Crippen LogP contribution in [0.4, 0.5) is 0 Å². The molecular weight excluding hydrogens is 224 g/mol. The van der Waals surface area contributed by atoms with E-state index in [4.69, 9.17) is 21.1 Å². The summed E-state index contributed by atoms with van der Waals surface area (Å²) in [5, 5.41) is 0.683. The second-order valence-electron chi connectivity index (χ2n) is 3.98. The van der Waals surface area contributed by atoms with Crippen molar-refractivity contribution >= 4 is 11.6 Å². The molecule has 0 aliphatic heterocycles. The monoisotopic (exact) mass is 242 g/mol. The molecule has 3 heteroatoms. The van der Waals surface area contributed by atoms with E-state index < -0.39 is 0 Å². The molecule has 0 radical (unpaired) electrons. The SMILES string of the molecule is CCC(C)COCc1ccc(Cl)cc1OC. The van der Waals surface area contributed by atoms with Crippen LogP contribution in [0, 0.1) is 5.92 Å². The van der Waals surface area contributed by atoms with Crippen molar-refractivity contribution in [3.63, 3.8) is 0 Å². The topological polar surface area (TPSA) is 18.5 Å². The molecular formula is C13H19ClO2. The van der Waals surface area contributed by atoms with Crippen LogP contribution in [0.25, 0.3) is 0 Å². The zero-order valence-electron chi connectivity index (χ0n) is 10.1. The Morgan fingerprint density at radius 1 is 1.38 bits per heavy atom. The van der Waals surface area contributed by atoms with Gasteiger partial charge in [-0.3, -0.25) is 0 Å². The summed E-state index contributed by atoms with van der Waals surface area (Å²) in [4.78, 5) is 0. The van der Waals surface area contributed by atoms with Gasteiger partial charge in [0.05, 0.1) is 13.7 Å². The zero-order chi connectivity index (χ0) is 12.0. The number of hydrogen-bond acceptors (Lipinski definition) is 2. The molecule has 0 fully saturated rings. The van der Waals surface area contributed by atoms with Gasteiger partial charge in [-0.05, 0) is 18.1 Å². The van der Waals surface area contributed by atoms with Gasteiger partial charge < -0.3 is 9.47 Å². The van der Waals surface area contributed by atoms with Crippen LogP contribution in [-0.2, 0) is 11.3 Å². The lowest BCUT2D eigenvalue weighted by Gasteiger charge is -2.12. The number of benzene rings is 1. The molecule has 1 unspecified atom stereocenters. The van der Waals surface area contributed by atoms with E-state index in [1.54, 1.807) is 7.11 Å². The lowest BCUT2D eigenvalue weighted by atomic mass is 10.1. The predicted octanol–water partition coefficient (Wildman–Crippen LogP) is 3.91. The minimum atomic E-state index is 0.574. The minimum Gasteiger partial charge on any atom is -0.496 e. The maximum Gasteiger partial charge on any atom is 0.125 e. The normalized spacial score (nSPS) is 12.5. The minimum absolute atomic E-state index is 0.574. The largest absolute Gasteiger partial charge is 0.496 e. The highest BCUT2D eigenvalue weighted by molar-refractivity contribution is 6.30. The van der Waals surface area contributed by atoms with E-state index in [0.717, 1.165) is 24.3 Å². The fourth-order valence-electron chi connectivity index (χ4n) is 1.33. The standard InChI is InChI=1S/C13H19ClO2/c1-4-10(2)8-16-9-11-5-6-12(14)7-13(11)15-3/h5-7,10H,4,8-9H2,1-3H3. The summed E-state index contributed by atoms with van der Waals surface area (Å²) < 4.78 is 10.9. The quantitative estimate of drug-likeness (QED) is 0.753. The molecule has 0 N–H and O–H groups in total. The number of methoxy groups -OCH3 is 1. The first kappa shape index (κ1) is 13.3. The van der Waals surface area contributed by atoms with Crippen LogP contribution in [-0.4, -0.2) is 13.7 Å². The summed E-state index contributed by atoms with van der Waals surface area (Å²) >= 11 is 5.88. The molecule has 2 nitrogen and oxygen atoms in total. The van der Waals surface area contributed by atoms with E-state index in [2.05, 4.69) is 13.8 Å². The van der Waals surface area contributed by atoms with Gasteiger partial charge in [-0.25, -0.2) is 0 Å². The lowest BCUT2D eigenvalue weighted by molar-refractivity contribution is 0.0896. The van der Waals surface area contributed by atoms with Gasteiger partial charge in [0.25, 0.3) is 0 Å². The van der Waals surface area contributed by atoms with Gasteiger partial charge in [-0.15, -0.1) is 0 Å². The van der Waals surface area contributed by atoms with Crippen molar-refractivity contribution in [1.82, 2.24) is 0 Å². The maximum absolute atomic E-state index is 5.88. The molecule has 1 atom stereocenters. The highest BCUT2D eigenvalue weighted by Crippen LogP contribution is 2.23. The first-order chi connectivity index (χ1) is 7.67. The van der Waals surface area contributed by atoms with Crippen molar-refractivity contribution < 1.29 is 9.47 Å².